The lowest BCUT2D eigenvalue weighted by Crippen LogP contribution is -2.29. The summed E-state index contributed by atoms with van der Waals surface area (Å²) in [4.78, 5) is 17.2. The van der Waals surface area contributed by atoms with Gasteiger partial charge >= 0.3 is 0 Å². The molecule has 1 atom stereocenters. The van der Waals surface area contributed by atoms with Gasteiger partial charge in [-0.25, -0.2) is 0 Å². The molecule has 6 nitrogen and oxygen atoms in total. The quantitative estimate of drug-likeness (QED) is 0.477. The summed E-state index contributed by atoms with van der Waals surface area (Å²) >= 11 is 6.03. The maximum absolute atomic E-state index is 13.0. The highest BCUT2D eigenvalue weighted by Gasteiger charge is 2.20. The molecule has 4 rings (SSSR count). The molecule has 0 aliphatic heterocycles. The summed E-state index contributed by atoms with van der Waals surface area (Å²) in [5, 5.41) is 10.8. The summed E-state index contributed by atoms with van der Waals surface area (Å²) in [7, 11) is 1.60. The monoisotopic (exact) mass is 418 g/mol. The zero-order valence-corrected chi connectivity index (χ0v) is 16.9. The fourth-order valence-corrected chi connectivity index (χ4v) is 3.33. The molecule has 30 heavy (non-hydrogen) atoms. The maximum atomic E-state index is 13.0. The Bertz CT molecular complexity index is 1140. The number of ether oxygens (including phenoxy) is 1. The van der Waals surface area contributed by atoms with Crippen LogP contribution in [0.1, 0.15) is 27.7 Å². The minimum Gasteiger partial charge on any atom is -0.496 e. The number of hydrogen-bond acceptors (Lipinski definition) is 4. The van der Waals surface area contributed by atoms with Gasteiger partial charge in [0.25, 0.3) is 5.91 Å². The predicted octanol–water partition coefficient (Wildman–Crippen LogP) is 4.65. The molecular weight excluding hydrogens is 400 g/mol. The van der Waals surface area contributed by atoms with Gasteiger partial charge < -0.3 is 10.1 Å². The minimum absolute atomic E-state index is 0.285. The zero-order valence-electron chi connectivity index (χ0n) is 16.2. The number of pyridine rings is 1. The Labute approximate surface area is 178 Å². The highest BCUT2D eigenvalue weighted by atomic mass is 35.5. The number of halogens is 1. The van der Waals surface area contributed by atoms with Crippen molar-refractivity contribution in [3.8, 4) is 17.0 Å². The molecule has 1 amide bonds. The topological polar surface area (TPSA) is 79.9 Å². The lowest BCUT2D eigenvalue weighted by molar-refractivity contribution is 0.0938. The number of amides is 1. The first-order valence-electron chi connectivity index (χ1n) is 9.31. The van der Waals surface area contributed by atoms with Gasteiger partial charge in [0, 0.05) is 23.0 Å². The Morgan fingerprint density at radius 3 is 2.60 bits per heavy atom. The van der Waals surface area contributed by atoms with Crippen molar-refractivity contribution in [2.24, 2.45) is 0 Å². The van der Waals surface area contributed by atoms with Crippen LogP contribution in [-0.4, -0.2) is 28.2 Å². The van der Waals surface area contributed by atoms with Crippen LogP contribution in [0.25, 0.3) is 11.3 Å². The third kappa shape index (κ3) is 4.18. The molecule has 2 aromatic carbocycles. The fraction of sp³-hybridized carbons (Fsp3) is 0.0870. The molecule has 0 saturated carbocycles. The van der Waals surface area contributed by atoms with E-state index >= 15 is 0 Å². The highest BCUT2D eigenvalue weighted by Crippen LogP contribution is 2.29. The molecule has 0 unspecified atom stereocenters. The average Bonchev–Trinajstić information content (AvgIpc) is 3.29. The largest absolute Gasteiger partial charge is 0.496 e. The van der Waals surface area contributed by atoms with E-state index in [9.17, 15) is 4.79 Å². The summed E-state index contributed by atoms with van der Waals surface area (Å²) in [6, 6.07) is 19.9. The molecule has 2 heterocycles. The van der Waals surface area contributed by atoms with Crippen molar-refractivity contribution in [2.75, 3.05) is 7.11 Å². The van der Waals surface area contributed by atoms with Crippen LogP contribution < -0.4 is 10.1 Å². The number of hydrogen-bond donors (Lipinski definition) is 2. The molecule has 7 heteroatoms. The number of carbonyl (C=O) groups is 1. The molecule has 2 aromatic heterocycles. The number of para-hydroxylation sites is 1. The van der Waals surface area contributed by atoms with Gasteiger partial charge in [0.05, 0.1) is 18.8 Å². The van der Waals surface area contributed by atoms with Gasteiger partial charge in [-0.15, -0.1) is 0 Å². The molecule has 0 fully saturated rings. The van der Waals surface area contributed by atoms with Crippen molar-refractivity contribution >= 4 is 17.5 Å². The van der Waals surface area contributed by atoms with Crippen LogP contribution in [-0.2, 0) is 0 Å². The number of nitrogens with zero attached hydrogens (tertiary/aromatic N) is 2. The van der Waals surface area contributed by atoms with Gasteiger partial charge in [0.2, 0.25) is 0 Å². The molecule has 0 spiro atoms. The first kappa shape index (κ1) is 19.7. The Morgan fingerprint density at radius 2 is 1.87 bits per heavy atom. The average molecular weight is 419 g/mol. The lowest BCUT2D eigenvalue weighted by atomic mass is 10.00. The smallest absolute Gasteiger partial charge is 0.270 e. The van der Waals surface area contributed by atoms with E-state index in [-0.39, 0.29) is 11.9 Å². The Hall–Kier alpha value is -3.64. The van der Waals surface area contributed by atoms with Crippen LogP contribution in [0.2, 0.25) is 5.02 Å². The zero-order chi connectivity index (χ0) is 20.9. The summed E-state index contributed by atoms with van der Waals surface area (Å²) in [6.07, 6.45) is 3.42. The van der Waals surface area contributed by atoms with Gasteiger partial charge in [-0.3, -0.25) is 14.9 Å². The lowest BCUT2D eigenvalue weighted by Gasteiger charge is -2.19. The maximum Gasteiger partial charge on any atom is 0.270 e. The van der Waals surface area contributed by atoms with Crippen molar-refractivity contribution in [2.45, 2.75) is 6.04 Å². The number of aromatic nitrogens is 3. The predicted molar refractivity (Wildman–Crippen MR) is 116 cm³/mol. The van der Waals surface area contributed by atoms with Crippen LogP contribution >= 0.6 is 11.6 Å². The number of aromatic amines is 1. The Morgan fingerprint density at radius 1 is 1.07 bits per heavy atom. The Kier molecular flexibility index (Phi) is 5.77. The van der Waals surface area contributed by atoms with E-state index in [1.807, 2.05) is 48.5 Å². The third-order valence-corrected chi connectivity index (χ3v) is 4.95. The second-order valence-corrected chi connectivity index (χ2v) is 7.05. The van der Waals surface area contributed by atoms with Gasteiger partial charge in [-0.2, -0.15) is 5.10 Å². The van der Waals surface area contributed by atoms with Crippen molar-refractivity contribution in [1.82, 2.24) is 20.5 Å². The third-order valence-electron chi connectivity index (χ3n) is 4.70. The van der Waals surface area contributed by atoms with Crippen molar-refractivity contribution in [3.05, 3.63) is 101 Å². The van der Waals surface area contributed by atoms with Crippen molar-refractivity contribution in [3.63, 3.8) is 0 Å². The summed E-state index contributed by atoms with van der Waals surface area (Å²) in [5.41, 5.74) is 3.53. The van der Waals surface area contributed by atoms with Gasteiger partial charge in [0.1, 0.15) is 11.4 Å². The first-order chi connectivity index (χ1) is 14.7. The van der Waals surface area contributed by atoms with E-state index in [0.717, 1.165) is 16.7 Å². The van der Waals surface area contributed by atoms with Gasteiger partial charge in [-0.05, 0) is 47.5 Å². The van der Waals surface area contributed by atoms with Crippen molar-refractivity contribution < 1.29 is 9.53 Å². The van der Waals surface area contributed by atoms with E-state index in [1.165, 1.54) is 0 Å². The number of carbonyl (C=O) groups excluding carboxylic acids is 1. The van der Waals surface area contributed by atoms with E-state index in [1.54, 1.807) is 37.7 Å². The number of methoxy groups -OCH3 is 1. The molecule has 0 saturated heterocycles. The van der Waals surface area contributed by atoms with E-state index in [2.05, 4.69) is 20.5 Å². The first-order valence-corrected chi connectivity index (χ1v) is 9.68. The number of H-pyrrole nitrogens is 1. The summed E-state index contributed by atoms with van der Waals surface area (Å²) in [5.74, 6) is 0.401. The van der Waals surface area contributed by atoms with Crippen LogP contribution in [0, 0.1) is 0 Å². The van der Waals surface area contributed by atoms with E-state index in [0.29, 0.717) is 22.2 Å². The molecular formula is C23H19ClN4O2. The fourth-order valence-electron chi connectivity index (χ4n) is 3.20. The molecule has 2 N–H and O–H groups in total. The van der Waals surface area contributed by atoms with E-state index < -0.39 is 0 Å². The number of nitrogens with one attached hydrogen (secondary N) is 2. The normalized spacial score (nSPS) is 11.7. The van der Waals surface area contributed by atoms with E-state index in [4.69, 9.17) is 16.3 Å². The van der Waals surface area contributed by atoms with Crippen molar-refractivity contribution in [1.29, 1.82) is 0 Å². The van der Waals surface area contributed by atoms with Crippen LogP contribution in [0.4, 0.5) is 0 Å². The second kappa shape index (κ2) is 8.80. The standard InChI is InChI=1S/C23H19ClN4O2/c1-30-21-7-3-2-6-18(21)19-13-20(28-27-19)23(29)26-22(16-5-4-12-25-14-16)15-8-10-17(24)11-9-15/h2-14,22H,1H3,(H,26,29)(H,27,28)/t22-/m0/s1. The second-order valence-electron chi connectivity index (χ2n) is 6.61. The number of rotatable bonds is 6. The summed E-state index contributed by atoms with van der Waals surface area (Å²) < 4.78 is 5.39. The minimum atomic E-state index is -0.388. The van der Waals surface area contributed by atoms with Crippen LogP contribution in [0.5, 0.6) is 5.75 Å². The SMILES string of the molecule is COc1ccccc1-c1cc(C(=O)N[C@@H](c2ccc(Cl)cc2)c2cccnc2)[nH]n1. The van der Waals surface area contributed by atoms with Crippen LogP contribution in [0.3, 0.4) is 0 Å². The van der Waals surface area contributed by atoms with Gasteiger partial charge in [0.15, 0.2) is 0 Å². The highest BCUT2D eigenvalue weighted by molar-refractivity contribution is 6.30. The van der Waals surface area contributed by atoms with Crippen LogP contribution in [0.15, 0.2) is 79.1 Å². The molecule has 0 aliphatic rings. The number of benzene rings is 2. The molecule has 0 bridgehead atoms. The van der Waals surface area contributed by atoms with Gasteiger partial charge in [-0.1, -0.05) is 41.9 Å². The molecule has 0 radical (unpaired) electrons. The molecule has 150 valence electrons. The molecule has 4 aromatic rings. The summed E-state index contributed by atoms with van der Waals surface area (Å²) in [6.45, 7) is 0. The molecule has 0 aliphatic carbocycles. The Balaban J connectivity index is 1.62.